The van der Waals surface area contributed by atoms with E-state index in [4.69, 9.17) is 0 Å². The SMILES string of the molecule is Cc1ccc(-c2n[nH]c(-c3ccc(C)cc3)n2)cc1. The summed E-state index contributed by atoms with van der Waals surface area (Å²) in [5, 5.41) is 7.27. The molecule has 1 heterocycles. The number of H-pyrrole nitrogens is 1. The molecule has 0 unspecified atom stereocenters. The fourth-order valence-electron chi connectivity index (χ4n) is 1.93. The Morgan fingerprint density at radius 3 is 1.84 bits per heavy atom. The van der Waals surface area contributed by atoms with Crippen LogP contribution >= 0.6 is 0 Å². The molecule has 0 aliphatic rings. The molecule has 0 fully saturated rings. The molecule has 3 nitrogen and oxygen atoms in total. The van der Waals surface area contributed by atoms with Crippen molar-refractivity contribution < 1.29 is 0 Å². The van der Waals surface area contributed by atoms with Gasteiger partial charge in [0.05, 0.1) is 0 Å². The van der Waals surface area contributed by atoms with Gasteiger partial charge in [0.1, 0.15) is 0 Å². The molecule has 3 heteroatoms. The van der Waals surface area contributed by atoms with E-state index in [1.807, 2.05) is 12.1 Å². The number of benzene rings is 2. The van der Waals surface area contributed by atoms with Crippen LogP contribution in [0, 0.1) is 13.8 Å². The Bertz CT molecular complexity index is 619. The first-order chi connectivity index (χ1) is 9.22. The van der Waals surface area contributed by atoms with E-state index >= 15 is 0 Å². The highest BCUT2D eigenvalue weighted by Gasteiger charge is 2.07. The molecule has 0 spiro atoms. The van der Waals surface area contributed by atoms with E-state index in [0.29, 0.717) is 0 Å². The molecule has 0 saturated carbocycles. The molecular formula is C16H15N3. The first-order valence-corrected chi connectivity index (χ1v) is 6.29. The van der Waals surface area contributed by atoms with Crippen LogP contribution in [0.3, 0.4) is 0 Å². The first-order valence-electron chi connectivity index (χ1n) is 6.29. The van der Waals surface area contributed by atoms with Gasteiger partial charge in [0.2, 0.25) is 0 Å². The highest BCUT2D eigenvalue weighted by Crippen LogP contribution is 2.20. The maximum atomic E-state index is 4.54. The minimum atomic E-state index is 0.732. The Labute approximate surface area is 112 Å². The average Bonchev–Trinajstić information content (AvgIpc) is 2.90. The van der Waals surface area contributed by atoms with E-state index in [1.54, 1.807) is 0 Å². The van der Waals surface area contributed by atoms with Gasteiger partial charge in [-0.1, -0.05) is 59.7 Å². The summed E-state index contributed by atoms with van der Waals surface area (Å²) in [4.78, 5) is 4.54. The van der Waals surface area contributed by atoms with Gasteiger partial charge in [-0.05, 0) is 13.8 Å². The van der Waals surface area contributed by atoms with Crippen molar-refractivity contribution in [2.45, 2.75) is 13.8 Å². The van der Waals surface area contributed by atoms with Crippen LogP contribution in [0.1, 0.15) is 11.1 Å². The summed E-state index contributed by atoms with van der Waals surface area (Å²) in [6.07, 6.45) is 0. The second-order valence-electron chi connectivity index (χ2n) is 4.74. The predicted molar refractivity (Wildman–Crippen MR) is 76.7 cm³/mol. The molecule has 0 amide bonds. The van der Waals surface area contributed by atoms with E-state index in [-0.39, 0.29) is 0 Å². The summed E-state index contributed by atoms with van der Waals surface area (Å²) in [5.41, 5.74) is 4.55. The van der Waals surface area contributed by atoms with Gasteiger partial charge in [0.25, 0.3) is 0 Å². The van der Waals surface area contributed by atoms with Crippen LogP contribution in [0.25, 0.3) is 22.8 Å². The Morgan fingerprint density at radius 1 is 0.737 bits per heavy atom. The summed E-state index contributed by atoms with van der Waals surface area (Å²) in [7, 11) is 0. The van der Waals surface area contributed by atoms with Crippen molar-refractivity contribution in [3.05, 3.63) is 59.7 Å². The molecule has 0 radical (unpaired) electrons. The maximum Gasteiger partial charge on any atom is 0.181 e. The average molecular weight is 249 g/mol. The molecule has 3 aromatic rings. The predicted octanol–water partition coefficient (Wildman–Crippen LogP) is 3.76. The van der Waals surface area contributed by atoms with Crippen LogP contribution in [0.15, 0.2) is 48.5 Å². The Kier molecular flexibility index (Phi) is 2.88. The zero-order valence-electron chi connectivity index (χ0n) is 11.0. The van der Waals surface area contributed by atoms with Crippen LogP contribution in [-0.4, -0.2) is 15.2 Å². The number of aromatic nitrogens is 3. The zero-order valence-corrected chi connectivity index (χ0v) is 11.0. The standard InChI is InChI=1S/C16H15N3/c1-11-3-7-13(8-4-11)15-17-16(19-18-15)14-9-5-12(2)6-10-14/h3-10H,1-2H3,(H,17,18,19). The van der Waals surface area contributed by atoms with Crippen LogP contribution in [0.4, 0.5) is 0 Å². The molecule has 19 heavy (non-hydrogen) atoms. The monoisotopic (exact) mass is 249 g/mol. The fourth-order valence-corrected chi connectivity index (χ4v) is 1.93. The van der Waals surface area contributed by atoms with Crippen molar-refractivity contribution in [1.29, 1.82) is 0 Å². The summed E-state index contributed by atoms with van der Waals surface area (Å²) in [5.74, 6) is 1.53. The van der Waals surface area contributed by atoms with E-state index in [9.17, 15) is 0 Å². The van der Waals surface area contributed by atoms with Gasteiger partial charge < -0.3 is 0 Å². The number of rotatable bonds is 2. The number of nitrogens with zero attached hydrogens (tertiary/aromatic N) is 2. The highest BCUT2D eigenvalue weighted by molar-refractivity contribution is 5.61. The number of nitrogens with one attached hydrogen (secondary N) is 1. The van der Waals surface area contributed by atoms with Crippen molar-refractivity contribution in [3.8, 4) is 22.8 Å². The topological polar surface area (TPSA) is 41.6 Å². The summed E-state index contributed by atoms with van der Waals surface area (Å²) in [6, 6.07) is 16.5. The van der Waals surface area contributed by atoms with Gasteiger partial charge >= 0.3 is 0 Å². The molecule has 1 aromatic heterocycles. The minimum Gasteiger partial charge on any atom is -0.259 e. The van der Waals surface area contributed by atoms with Crippen LogP contribution in [0.2, 0.25) is 0 Å². The normalized spacial score (nSPS) is 10.6. The molecule has 0 aliphatic heterocycles. The molecule has 1 N–H and O–H groups in total. The lowest BCUT2D eigenvalue weighted by atomic mass is 10.1. The van der Waals surface area contributed by atoms with Gasteiger partial charge in [-0.25, -0.2) is 4.98 Å². The Balaban J connectivity index is 1.95. The minimum absolute atomic E-state index is 0.732. The second-order valence-corrected chi connectivity index (χ2v) is 4.74. The third-order valence-electron chi connectivity index (χ3n) is 3.12. The highest BCUT2D eigenvalue weighted by atomic mass is 15.2. The van der Waals surface area contributed by atoms with Crippen LogP contribution < -0.4 is 0 Å². The molecule has 3 rings (SSSR count). The van der Waals surface area contributed by atoms with E-state index < -0.39 is 0 Å². The van der Waals surface area contributed by atoms with Crippen molar-refractivity contribution in [1.82, 2.24) is 15.2 Å². The Hall–Kier alpha value is -2.42. The maximum absolute atomic E-state index is 4.54. The van der Waals surface area contributed by atoms with Gasteiger partial charge in [-0.2, -0.15) is 5.10 Å². The molecular weight excluding hydrogens is 234 g/mol. The zero-order chi connectivity index (χ0) is 13.2. The first kappa shape index (κ1) is 11.7. The van der Waals surface area contributed by atoms with E-state index in [2.05, 4.69) is 65.4 Å². The third-order valence-corrected chi connectivity index (χ3v) is 3.12. The number of aromatic amines is 1. The molecule has 0 atom stereocenters. The lowest BCUT2D eigenvalue weighted by molar-refractivity contribution is 1.10. The molecule has 94 valence electrons. The number of hydrogen-bond acceptors (Lipinski definition) is 2. The quantitative estimate of drug-likeness (QED) is 0.751. The largest absolute Gasteiger partial charge is 0.259 e. The third kappa shape index (κ3) is 2.40. The van der Waals surface area contributed by atoms with E-state index in [0.717, 1.165) is 22.8 Å². The number of hydrogen-bond donors (Lipinski definition) is 1. The van der Waals surface area contributed by atoms with Crippen LogP contribution in [-0.2, 0) is 0 Å². The van der Waals surface area contributed by atoms with Crippen molar-refractivity contribution in [2.24, 2.45) is 0 Å². The lowest BCUT2D eigenvalue weighted by Gasteiger charge is -1.97. The van der Waals surface area contributed by atoms with Crippen molar-refractivity contribution in [3.63, 3.8) is 0 Å². The molecule has 2 aromatic carbocycles. The van der Waals surface area contributed by atoms with Crippen molar-refractivity contribution >= 4 is 0 Å². The van der Waals surface area contributed by atoms with Crippen molar-refractivity contribution in [2.75, 3.05) is 0 Å². The Morgan fingerprint density at radius 2 is 1.26 bits per heavy atom. The number of aryl methyl sites for hydroxylation is 2. The molecule has 0 bridgehead atoms. The van der Waals surface area contributed by atoms with Gasteiger partial charge in [-0.15, -0.1) is 0 Å². The van der Waals surface area contributed by atoms with Gasteiger partial charge in [0.15, 0.2) is 11.6 Å². The van der Waals surface area contributed by atoms with Crippen LogP contribution in [0.5, 0.6) is 0 Å². The smallest absolute Gasteiger partial charge is 0.181 e. The van der Waals surface area contributed by atoms with Gasteiger partial charge in [-0.3, -0.25) is 5.10 Å². The molecule has 0 aliphatic carbocycles. The second kappa shape index (κ2) is 4.69. The lowest BCUT2D eigenvalue weighted by Crippen LogP contribution is -1.82. The summed E-state index contributed by atoms with van der Waals surface area (Å²) >= 11 is 0. The fraction of sp³-hybridized carbons (Fsp3) is 0.125. The van der Waals surface area contributed by atoms with E-state index in [1.165, 1.54) is 11.1 Å². The molecule has 0 saturated heterocycles. The summed E-state index contributed by atoms with van der Waals surface area (Å²) < 4.78 is 0. The summed E-state index contributed by atoms with van der Waals surface area (Å²) in [6.45, 7) is 4.14. The van der Waals surface area contributed by atoms with Gasteiger partial charge in [0, 0.05) is 11.1 Å².